The van der Waals surface area contributed by atoms with E-state index in [0.717, 1.165) is 18.2 Å². The fraction of sp³-hybridized carbons (Fsp3) is 0.263. The highest BCUT2D eigenvalue weighted by Crippen LogP contribution is 2.36. The standard InChI is InChI=1S/C19H16F2N2O4/c20-12-1-3-14(21)15(8-12)22-19(25)11-7-18(24)23(10-11)13-2-4-16-17(9-13)27-6-5-26-16/h1-4,8-9,11H,5-7,10H2,(H,22,25)/t11-/m1/s1. The van der Waals surface area contributed by atoms with Crippen molar-refractivity contribution in [1.82, 2.24) is 0 Å². The maximum absolute atomic E-state index is 13.7. The van der Waals surface area contributed by atoms with Crippen LogP contribution in [-0.2, 0) is 9.59 Å². The van der Waals surface area contributed by atoms with Crippen LogP contribution in [0.5, 0.6) is 11.5 Å². The summed E-state index contributed by atoms with van der Waals surface area (Å²) < 4.78 is 37.9. The van der Waals surface area contributed by atoms with E-state index in [1.54, 1.807) is 18.2 Å². The molecule has 2 aliphatic rings. The Morgan fingerprint density at radius 2 is 1.85 bits per heavy atom. The van der Waals surface area contributed by atoms with E-state index >= 15 is 0 Å². The van der Waals surface area contributed by atoms with Crippen molar-refractivity contribution in [2.45, 2.75) is 6.42 Å². The molecule has 0 bridgehead atoms. The van der Waals surface area contributed by atoms with Gasteiger partial charge in [-0.15, -0.1) is 0 Å². The fourth-order valence-electron chi connectivity index (χ4n) is 3.16. The number of hydrogen-bond donors (Lipinski definition) is 1. The summed E-state index contributed by atoms with van der Waals surface area (Å²) in [6, 6.07) is 7.94. The number of amides is 2. The highest BCUT2D eigenvalue weighted by molar-refractivity contribution is 6.03. The Hall–Kier alpha value is -3.16. The summed E-state index contributed by atoms with van der Waals surface area (Å²) in [4.78, 5) is 26.3. The van der Waals surface area contributed by atoms with Crippen LogP contribution in [-0.4, -0.2) is 31.6 Å². The van der Waals surface area contributed by atoms with Crippen LogP contribution in [0, 0.1) is 17.6 Å². The molecule has 1 N–H and O–H groups in total. The van der Waals surface area contributed by atoms with Crippen molar-refractivity contribution in [3.05, 3.63) is 48.0 Å². The number of carbonyl (C=O) groups is 2. The number of ether oxygens (including phenoxy) is 2. The second kappa shape index (κ2) is 6.86. The smallest absolute Gasteiger partial charge is 0.229 e. The number of anilines is 2. The summed E-state index contributed by atoms with van der Waals surface area (Å²) in [7, 11) is 0. The normalized spacial score (nSPS) is 18.5. The SMILES string of the molecule is O=C(Nc1cc(F)ccc1F)[C@@H]1CC(=O)N(c2ccc3c(c2)OCCO3)C1. The van der Waals surface area contributed by atoms with Crippen molar-refractivity contribution < 1.29 is 27.8 Å². The van der Waals surface area contributed by atoms with Crippen molar-refractivity contribution in [3.63, 3.8) is 0 Å². The van der Waals surface area contributed by atoms with Gasteiger partial charge in [-0.2, -0.15) is 0 Å². The third kappa shape index (κ3) is 3.42. The lowest BCUT2D eigenvalue weighted by Crippen LogP contribution is -2.28. The van der Waals surface area contributed by atoms with E-state index in [-0.39, 0.29) is 24.6 Å². The van der Waals surface area contributed by atoms with Crippen LogP contribution >= 0.6 is 0 Å². The average molecular weight is 374 g/mol. The molecular formula is C19H16F2N2O4. The summed E-state index contributed by atoms with van der Waals surface area (Å²) in [5, 5.41) is 2.36. The molecule has 2 aliphatic heterocycles. The number of nitrogens with zero attached hydrogens (tertiary/aromatic N) is 1. The number of fused-ring (bicyclic) bond motifs is 1. The minimum absolute atomic E-state index is 0.0167. The Kier molecular flexibility index (Phi) is 4.39. The van der Waals surface area contributed by atoms with E-state index in [0.29, 0.717) is 30.4 Å². The van der Waals surface area contributed by atoms with Gasteiger partial charge < -0.3 is 19.7 Å². The quantitative estimate of drug-likeness (QED) is 0.897. The first kappa shape index (κ1) is 17.3. The first-order valence-electron chi connectivity index (χ1n) is 8.47. The van der Waals surface area contributed by atoms with Crippen LogP contribution in [0.3, 0.4) is 0 Å². The molecule has 1 atom stereocenters. The molecule has 0 spiro atoms. The van der Waals surface area contributed by atoms with Crippen LogP contribution in [0.15, 0.2) is 36.4 Å². The zero-order chi connectivity index (χ0) is 19.0. The Bertz CT molecular complexity index is 919. The average Bonchev–Trinajstić information content (AvgIpc) is 3.06. The summed E-state index contributed by atoms with van der Waals surface area (Å²) in [6.45, 7) is 1.03. The zero-order valence-corrected chi connectivity index (χ0v) is 14.2. The molecule has 0 saturated carbocycles. The summed E-state index contributed by atoms with van der Waals surface area (Å²) in [5.74, 6) is -1.69. The van der Waals surface area contributed by atoms with Crippen molar-refractivity contribution in [2.75, 3.05) is 30.0 Å². The Labute approximate surface area is 153 Å². The van der Waals surface area contributed by atoms with Crippen LogP contribution < -0.4 is 19.7 Å². The van der Waals surface area contributed by atoms with Gasteiger partial charge in [0.2, 0.25) is 11.8 Å². The molecule has 0 radical (unpaired) electrons. The van der Waals surface area contributed by atoms with Crippen LogP contribution in [0.25, 0.3) is 0 Å². The molecule has 0 aliphatic carbocycles. The predicted octanol–water partition coefficient (Wildman–Crippen LogP) is 2.73. The van der Waals surface area contributed by atoms with Crippen LogP contribution in [0.4, 0.5) is 20.2 Å². The van der Waals surface area contributed by atoms with Gasteiger partial charge in [-0.3, -0.25) is 9.59 Å². The molecule has 2 heterocycles. The van der Waals surface area contributed by atoms with Gasteiger partial charge in [-0.05, 0) is 24.3 Å². The van der Waals surface area contributed by atoms with Gasteiger partial charge in [0.1, 0.15) is 24.8 Å². The Morgan fingerprint density at radius 1 is 1.07 bits per heavy atom. The van der Waals surface area contributed by atoms with E-state index < -0.39 is 23.5 Å². The predicted molar refractivity (Wildman–Crippen MR) is 92.9 cm³/mol. The lowest BCUT2D eigenvalue weighted by atomic mass is 10.1. The van der Waals surface area contributed by atoms with Gasteiger partial charge in [0.05, 0.1) is 11.6 Å². The fourth-order valence-corrected chi connectivity index (χ4v) is 3.16. The first-order chi connectivity index (χ1) is 13.0. The molecule has 2 aromatic rings. The second-order valence-electron chi connectivity index (χ2n) is 6.35. The third-order valence-electron chi connectivity index (χ3n) is 4.52. The number of hydrogen-bond acceptors (Lipinski definition) is 4. The first-order valence-corrected chi connectivity index (χ1v) is 8.47. The highest BCUT2D eigenvalue weighted by atomic mass is 19.1. The van der Waals surface area contributed by atoms with Gasteiger partial charge in [0.15, 0.2) is 11.5 Å². The van der Waals surface area contributed by atoms with Crippen molar-refractivity contribution in [1.29, 1.82) is 0 Å². The van der Waals surface area contributed by atoms with E-state index in [1.807, 2.05) is 0 Å². The molecule has 2 amide bonds. The molecule has 0 aromatic heterocycles. The van der Waals surface area contributed by atoms with Crippen molar-refractivity contribution in [3.8, 4) is 11.5 Å². The molecule has 4 rings (SSSR count). The van der Waals surface area contributed by atoms with E-state index in [4.69, 9.17) is 9.47 Å². The Balaban J connectivity index is 1.49. The largest absolute Gasteiger partial charge is 0.486 e. The highest BCUT2D eigenvalue weighted by Gasteiger charge is 2.36. The number of rotatable bonds is 3. The minimum Gasteiger partial charge on any atom is -0.486 e. The number of benzene rings is 2. The monoisotopic (exact) mass is 374 g/mol. The van der Waals surface area contributed by atoms with Gasteiger partial charge in [-0.25, -0.2) is 8.78 Å². The molecule has 1 fully saturated rings. The maximum Gasteiger partial charge on any atom is 0.229 e. The molecule has 1 saturated heterocycles. The molecule has 140 valence electrons. The second-order valence-corrected chi connectivity index (χ2v) is 6.35. The molecular weight excluding hydrogens is 358 g/mol. The van der Waals surface area contributed by atoms with Crippen LogP contribution in [0.2, 0.25) is 0 Å². The Morgan fingerprint density at radius 3 is 2.67 bits per heavy atom. The van der Waals surface area contributed by atoms with E-state index in [2.05, 4.69) is 5.32 Å². The topological polar surface area (TPSA) is 67.9 Å². The van der Waals surface area contributed by atoms with Crippen molar-refractivity contribution >= 4 is 23.2 Å². The minimum atomic E-state index is -0.738. The van der Waals surface area contributed by atoms with Gasteiger partial charge in [-0.1, -0.05) is 0 Å². The summed E-state index contributed by atoms with van der Waals surface area (Å²) in [6.07, 6.45) is -0.0167. The van der Waals surface area contributed by atoms with Gasteiger partial charge >= 0.3 is 0 Å². The van der Waals surface area contributed by atoms with E-state index in [9.17, 15) is 18.4 Å². The number of carbonyl (C=O) groups excluding carboxylic acids is 2. The number of halogens is 2. The van der Waals surface area contributed by atoms with Gasteiger partial charge in [0.25, 0.3) is 0 Å². The summed E-state index contributed by atoms with van der Waals surface area (Å²) in [5.41, 5.74) is 0.349. The molecule has 2 aromatic carbocycles. The molecule has 6 nitrogen and oxygen atoms in total. The summed E-state index contributed by atoms with van der Waals surface area (Å²) >= 11 is 0. The van der Waals surface area contributed by atoms with Gasteiger partial charge in [0, 0.05) is 30.8 Å². The van der Waals surface area contributed by atoms with Crippen LogP contribution in [0.1, 0.15) is 6.42 Å². The maximum atomic E-state index is 13.7. The van der Waals surface area contributed by atoms with Crippen molar-refractivity contribution in [2.24, 2.45) is 5.92 Å². The number of nitrogens with one attached hydrogen (secondary N) is 1. The molecule has 8 heteroatoms. The zero-order valence-electron chi connectivity index (χ0n) is 14.2. The molecule has 0 unspecified atom stereocenters. The lowest BCUT2D eigenvalue weighted by molar-refractivity contribution is -0.122. The lowest BCUT2D eigenvalue weighted by Gasteiger charge is -2.22. The van der Waals surface area contributed by atoms with E-state index in [1.165, 1.54) is 4.90 Å². The molecule has 27 heavy (non-hydrogen) atoms. The third-order valence-corrected chi connectivity index (χ3v) is 4.52.